The molecule has 1 aliphatic rings. The number of amides is 1. The van der Waals surface area contributed by atoms with Crippen LogP contribution in [-0.4, -0.2) is 34.3 Å². The number of aromatic nitrogens is 1. The number of piperidine rings is 1. The molecule has 2 aromatic rings. The van der Waals surface area contributed by atoms with Gasteiger partial charge in [-0.25, -0.2) is 0 Å². The zero-order valence-electron chi connectivity index (χ0n) is 13.0. The molecule has 118 valence electrons. The first-order valence-electron chi connectivity index (χ1n) is 7.65. The summed E-state index contributed by atoms with van der Waals surface area (Å²) in [4.78, 5) is 15.3. The molecule has 6 heteroatoms. The molecule has 3 rings (SSSR count). The average molecular weight is 326 g/mol. The highest BCUT2D eigenvalue weighted by Crippen LogP contribution is 2.21. The van der Waals surface area contributed by atoms with Crippen molar-refractivity contribution in [3.63, 3.8) is 0 Å². The number of likely N-dealkylation sites (tertiary alicyclic amines) is 1. The molecule has 0 radical (unpaired) electrons. The topological polar surface area (TPSA) is 69.0 Å². The number of anilines is 1. The number of para-hydroxylation sites is 1. The number of rotatable bonds is 3. The van der Waals surface area contributed by atoms with E-state index in [9.17, 15) is 4.79 Å². The smallest absolute Gasteiger partial charge is 0.273 e. The van der Waals surface area contributed by atoms with Gasteiger partial charge in [-0.2, -0.15) is 9.64 Å². The Balaban J connectivity index is 1.58. The van der Waals surface area contributed by atoms with Crippen molar-refractivity contribution in [2.45, 2.75) is 25.8 Å². The molecule has 1 aromatic carbocycles. The minimum atomic E-state index is 0.0187. The summed E-state index contributed by atoms with van der Waals surface area (Å²) in [6, 6.07) is 11.9. The average Bonchev–Trinajstić information content (AvgIpc) is 3.02. The van der Waals surface area contributed by atoms with Crippen molar-refractivity contribution in [1.82, 2.24) is 9.27 Å². The normalized spacial score (nSPS) is 15.2. The van der Waals surface area contributed by atoms with Crippen LogP contribution >= 0.6 is 11.5 Å². The SMILES string of the molecule is Cc1cc(C(=O)N2CCC(Nc3ccccc3C#N)CC2)ns1. The number of aryl methyl sites for hydroxylation is 1. The zero-order chi connectivity index (χ0) is 16.2. The molecule has 0 atom stereocenters. The maximum atomic E-state index is 12.4. The van der Waals surface area contributed by atoms with Crippen molar-refractivity contribution in [3.8, 4) is 6.07 Å². The summed E-state index contributed by atoms with van der Waals surface area (Å²) in [5, 5.41) is 12.6. The predicted molar refractivity (Wildman–Crippen MR) is 90.6 cm³/mol. The Kier molecular flexibility index (Phi) is 4.58. The summed E-state index contributed by atoms with van der Waals surface area (Å²) in [7, 11) is 0. The highest BCUT2D eigenvalue weighted by molar-refractivity contribution is 7.05. The Morgan fingerprint density at radius 2 is 2.13 bits per heavy atom. The molecular weight excluding hydrogens is 308 g/mol. The summed E-state index contributed by atoms with van der Waals surface area (Å²) < 4.78 is 4.20. The summed E-state index contributed by atoms with van der Waals surface area (Å²) >= 11 is 1.36. The van der Waals surface area contributed by atoms with Gasteiger partial charge in [0.05, 0.1) is 11.3 Å². The minimum Gasteiger partial charge on any atom is -0.381 e. The molecule has 0 aliphatic carbocycles. The van der Waals surface area contributed by atoms with Crippen LogP contribution in [0.2, 0.25) is 0 Å². The van der Waals surface area contributed by atoms with Gasteiger partial charge in [0.15, 0.2) is 0 Å². The van der Waals surface area contributed by atoms with E-state index in [-0.39, 0.29) is 11.9 Å². The van der Waals surface area contributed by atoms with E-state index in [0.29, 0.717) is 24.3 Å². The van der Waals surface area contributed by atoms with Crippen LogP contribution in [0.3, 0.4) is 0 Å². The van der Waals surface area contributed by atoms with Crippen molar-refractivity contribution in [2.24, 2.45) is 0 Å². The first-order valence-corrected chi connectivity index (χ1v) is 8.43. The molecule has 0 saturated carbocycles. The van der Waals surface area contributed by atoms with Crippen LogP contribution in [0.15, 0.2) is 30.3 Å². The molecule has 1 fully saturated rings. The van der Waals surface area contributed by atoms with E-state index < -0.39 is 0 Å². The third kappa shape index (κ3) is 3.51. The molecule has 1 aromatic heterocycles. The summed E-state index contributed by atoms with van der Waals surface area (Å²) in [5.41, 5.74) is 2.08. The number of nitriles is 1. The van der Waals surface area contributed by atoms with E-state index in [1.807, 2.05) is 42.2 Å². The van der Waals surface area contributed by atoms with Crippen molar-refractivity contribution in [2.75, 3.05) is 18.4 Å². The van der Waals surface area contributed by atoms with Crippen LogP contribution in [0.1, 0.15) is 33.8 Å². The molecule has 2 heterocycles. The van der Waals surface area contributed by atoms with E-state index >= 15 is 0 Å². The molecule has 5 nitrogen and oxygen atoms in total. The zero-order valence-corrected chi connectivity index (χ0v) is 13.8. The van der Waals surface area contributed by atoms with E-state index in [1.165, 1.54) is 11.5 Å². The van der Waals surface area contributed by atoms with Crippen LogP contribution in [0.5, 0.6) is 0 Å². The predicted octanol–water partition coefficient (Wildman–Crippen LogP) is 3.04. The molecule has 0 spiro atoms. The molecule has 0 unspecified atom stereocenters. The fraction of sp³-hybridized carbons (Fsp3) is 0.353. The van der Waals surface area contributed by atoms with Gasteiger partial charge in [-0.3, -0.25) is 4.79 Å². The van der Waals surface area contributed by atoms with Crippen molar-refractivity contribution < 1.29 is 4.79 Å². The van der Waals surface area contributed by atoms with Crippen LogP contribution in [0, 0.1) is 18.3 Å². The lowest BCUT2D eigenvalue weighted by molar-refractivity contribution is 0.0714. The Morgan fingerprint density at radius 3 is 2.78 bits per heavy atom. The first-order chi connectivity index (χ1) is 11.2. The lowest BCUT2D eigenvalue weighted by Gasteiger charge is -2.32. The number of nitrogens with zero attached hydrogens (tertiary/aromatic N) is 3. The maximum Gasteiger partial charge on any atom is 0.273 e. The molecule has 1 amide bonds. The van der Waals surface area contributed by atoms with Crippen LogP contribution in [0.4, 0.5) is 5.69 Å². The molecule has 1 saturated heterocycles. The fourth-order valence-electron chi connectivity index (χ4n) is 2.78. The Labute approximate surface area is 139 Å². The fourth-order valence-corrected chi connectivity index (χ4v) is 3.32. The van der Waals surface area contributed by atoms with Gasteiger partial charge in [-0.15, -0.1) is 0 Å². The molecule has 1 aliphatic heterocycles. The van der Waals surface area contributed by atoms with Crippen LogP contribution in [0.25, 0.3) is 0 Å². The van der Waals surface area contributed by atoms with Gasteiger partial charge >= 0.3 is 0 Å². The highest BCUT2D eigenvalue weighted by Gasteiger charge is 2.25. The van der Waals surface area contributed by atoms with Crippen molar-refractivity contribution in [3.05, 3.63) is 46.5 Å². The van der Waals surface area contributed by atoms with Gasteiger partial charge < -0.3 is 10.2 Å². The number of hydrogen-bond acceptors (Lipinski definition) is 5. The second-order valence-electron chi connectivity index (χ2n) is 5.69. The molecule has 1 N–H and O–H groups in total. The monoisotopic (exact) mass is 326 g/mol. The van der Waals surface area contributed by atoms with E-state index in [2.05, 4.69) is 15.8 Å². The lowest BCUT2D eigenvalue weighted by Crippen LogP contribution is -2.42. The number of hydrogen-bond donors (Lipinski definition) is 1. The van der Waals surface area contributed by atoms with Gasteiger partial charge in [0, 0.05) is 24.0 Å². The minimum absolute atomic E-state index is 0.0187. The number of nitrogens with one attached hydrogen (secondary N) is 1. The van der Waals surface area contributed by atoms with Crippen LogP contribution < -0.4 is 5.32 Å². The standard InChI is InChI=1S/C17H18N4OS/c1-12-10-16(20-23-12)17(22)21-8-6-14(7-9-21)19-15-5-3-2-4-13(15)11-18/h2-5,10,14,19H,6-9H2,1H3. The Morgan fingerprint density at radius 1 is 1.39 bits per heavy atom. The second kappa shape index (κ2) is 6.80. The first kappa shape index (κ1) is 15.5. The number of benzene rings is 1. The second-order valence-corrected chi connectivity index (χ2v) is 6.70. The number of carbonyl (C=O) groups is 1. The quantitative estimate of drug-likeness (QED) is 0.941. The van der Waals surface area contributed by atoms with Gasteiger partial charge in [-0.1, -0.05) is 12.1 Å². The summed E-state index contributed by atoms with van der Waals surface area (Å²) in [6.45, 7) is 3.38. The molecular formula is C17H18N4OS. The Bertz CT molecular complexity index is 741. The summed E-state index contributed by atoms with van der Waals surface area (Å²) in [5.74, 6) is 0.0187. The van der Waals surface area contributed by atoms with Crippen LogP contribution in [-0.2, 0) is 0 Å². The van der Waals surface area contributed by atoms with E-state index in [0.717, 1.165) is 23.4 Å². The van der Waals surface area contributed by atoms with Gasteiger partial charge in [0.2, 0.25) is 0 Å². The van der Waals surface area contributed by atoms with Crippen molar-refractivity contribution >= 4 is 23.1 Å². The Hall–Kier alpha value is -2.39. The van der Waals surface area contributed by atoms with Gasteiger partial charge in [-0.05, 0) is 49.5 Å². The molecule has 23 heavy (non-hydrogen) atoms. The highest BCUT2D eigenvalue weighted by atomic mass is 32.1. The largest absolute Gasteiger partial charge is 0.381 e. The van der Waals surface area contributed by atoms with Gasteiger partial charge in [0.25, 0.3) is 5.91 Å². The third-order valence-corrected chi connectivity index (χ3v) is 4.73. The third-order valence-electron chi connectivity index (χ3n) is 4.04. The molecule has 0 bridgehead atoms. The lowest BCUT2D eigenvalue weighted by atomic mass is 10.0. The van der Waals surface area contributed by atoms with Crippen molar-refractivity contribution in [1.29, 1.82) is 5.26 Å². The number of carbonyl (C=O) groups excluding carboxylic acids is 1. The van der Waals surface area contributed by atoms with Gasteiger partial charge in [0.1, 0.15) is 11.8 Å². The van der Waals surface area contributed by atoms with E-state index in [1.54, 1.807) is 0 Å². The van der Waals surface area contributed by atoms with E-state index in [4.69, 9.17) is 5.26 Å². The summed E-state index contributed by atoms with van der Waals surface area (Å²) in [6.07, 6.45) is 1.74. The maximum absolute atomic E-state index is 12.4.